The van der Waals surface area contributed by atoms with Gasteiger partial charge < -0.3 is 10.6 Å². The van der Waals surface area contributed by atoms with Gasteiger partial charge in [0, 0.05) is 23.4 Å². The van der Waals surface area contributed by atoms with Crippen LogP contribution in [0.4, 0.5) is 11.5 Å². The molecule has 0 aliphatic rings. The summed E-state index contributed by atoms with van der Waals surface area (Å²) in [5, 5.41) is 6.06. The molecule has 0 saturated heterocycles. The van der Waals surface area contributed by atoms with Crippen molar-refractivity contribution in [2.75, 3.05) is 10.6 Å². The van der Waals surface area contributed by atoms with E-state index in [4.69, 9.17) is 0 Å². The van der Waals surface area contributed by atoms with Gasteiger partial charge in [-0.25, -0.2) is 4.98 Å². The lowest BCUT2D eigenvalue weighted by Gasteiger charge is -2.08. The molecule has 1 amide bonds. The number of anilines is 2. The monoisotopic (exact) mass is 382 g/mol. The Labute approximate surface area is 148 Å². The summed E-state index contributed by atoms with van der Waals surface area (Å²) in [6.45, 7) is 0.687. The molecule has 0 atom stereocenters. The van der Waals surface area contributed by atoms with Crippen LogP contribution in [0.1, 0.15) is 15.9 Å². The molecule has 6 heteroatoms. The molecule has 0 aliphatic heterocycles. The first kappa shape index (κ1) is 16.1. The number of amides is 1. The summed E-state index contributed by atoms with van der Waals surface area (Å²) in [4.78, 5) is 20.5. The van der Waals surface area contributed by atoms with Crippen molar-refractivity contribution in [1.82, 2.24) is 9.97 Å². The fraction of sp³-hybridized carbons (Fsp3) is 0.0556. The Morgan fingerprint density at radius 1 is 1.04 bits per heavy atom. The number of carbonyl (C=O) groups is 1. The molecule has 0 aliphatic carbocycles. The minimum absolute atomic E-state index is 0.201. The van der Waals surface area contributed by atoms with Gasteiger partial charge in [-0.05, 0) is 57.9 Å². The number of hydrogen-bond donors (Lipinski definition) is 2. The first-order chi connectivity index (χ1) is 11.7. The molecule has 5 nitrogen and oxygen atoms in total. The van der Waals surface area contributed by atoms with Crippen LogP contribution in [0.25, 0.3) is 0 Å². The van der Waals surface area contributed by atoms with E-state index in [1.807, 2.05) is 36.4 Å². The van der Waals surface area contributed by atoms with Crippen molar-refractivity contribution < 1.29 is 4.79 Å². The zero-order chi connectivity index (χ0) is 16.8. The zero-order valence-corrected chi connectivity index (χ0v) is 14.3. The highest BCUT2D eigenvalue weighted by atomic mass is 79.9. The van der Waals surface area contributed by atoms with E-state index < -0.39 is 0 Å². The van der Waals surface area contributed by atoms with Crippen molar-refractivity contribution in [3.05, 3.63) is 82.7 Å². The molecule has 0 saturated carbocycles. The van der Waals surface area contributed by atoms with Gasteiger partial charge in [0.1, 0.15) is 5.82 Å². The maximum atomic E-state index is 12.2. The van der Waals surface area contributed by atoms with Gasteiger partial charge in [0.05, 0.1) is 17.4 Å². The van der Waals surface area contributed by atoms with Gasteiger partial charge in [-0.15, -0.1) is 0 Å². The standard InChI is InChI=1S/C18H15BrN4O/c19-16-4-2-1-3-15(16)18(24)23-17-6-5-14(12-22-17)21-11-13-7-9-20-10-8-13/h1-10,12,21H,11H2,(H,22,23,24). The van der Waals surface area contributed by atoms with Crippen LogP contribution in [0.3, 0.4) is 0 Å². The number of pyridine rings is 2. The second kappa shape index (κ2) is 7.70. The molecule has 120 valence electrons. The molecule has 3 aromatic rings. The Kier molecular flexibility index (Phi) is 5.18. The van der Waals surface area contributed by atoms with Crippen molar-refractivity contribution >= 4 is 33.3 Å². The first-order valence-corrected chi connectivity index (χ1v) is 8.16. The molecule has 2 heterocycles. The van der Waals surface area contributed by atoms with E-state index in [1.54, 1.807) is 30.7 Å². The van der Waals surface area contributed by atoms with Crippen LogP contribution in [0, 0.1) is 0 Å². The molecule has 2 N–H and O–H groups in total. The second-order valence-electron chi connectivity index (χ2n) is 5.08. The Balaban J connectivity index is 1.60. The van der Waals surface area contributed by atoms with Crippen molar-refractivity contribution in [3.63, 3.8) is 0 Å². The third kappa shape index (κ3) is 4.17. The molecule has 0 unspecified atom stereocenters. The normalized spacial score (nSPS) is 10.2. The first-order valence-electron chi connectivity index (χ1n) is 7.37. The van der Waals surface area contributed by atoms with E-state index in [0.29, 0.717) is 17.9 Å². The second-order valence-corrected chi connectivity index (χ2v) is 5.93. The van der Waals surface area contributed by atoms with Crippen LogP contribution < -0.4 is 10.6 Å². The lowest BCUT2D eigenvalue weighted by Crippen LogP contribution is -2.13. The predicted molar refractivity (Wildman–Crippen MR) is 97.9 cm³/mol. The summed E-state index contributed by atoms with van der Waals surface area (Å²) in [5.41, 5.74) is 2.58. The van der Waals surface area contributed by atoms with Gasteiger partial charge in [0.15, 0.2) is 0 Å². The summed E-state index contributed by atoms with van der Waals surface area (Å²) in [7, 11) is 0. The molecule has 24 heavy (non-hydrogen) atoms. The molecular formula is C18H15BrN4O. The van der Waals surface area contributed by atoms with Crippen LogP contribution in [0.15, 0.2) is 71.6 Å². The van der Waals surface area contributed by atoms with Gasteiger partial charge in [0.25, 0.3) is 5.91 Å². The van der Waals surface area contributed by atoms with Crippen LogP contribution >= 0.6 is 15.9 Å². The lowest BCUT2D eigenvalue weighted by atomic mass is 10.2. The Morgan fingerprint density at radius 3 is 2.54 bits per heavy atom. The molecule has 0 spiro atoms. The van der Waals surface area contributed by atoms with E-state index >= 15 is 0 Å². The lowest BCUT2D eigenvalue weighted by molar-refractivity contribution is 0.102. The fourth-order valence-corrected chi connectivity index (χ4v) is 2.57. The average Bonchev–Trinajstić information content (AvgIpc) is 2.62. The maximum absolute atomic E-state index is 12.2. The molecule has 0 radical (unpaired) electrons. The predicted octanol–water partition coefficient (Wildman–Crippen LogP) is 4.10. The number of halogens is 1. The van der Waals surface area contributed by atoms with Crippen molar-refractivity contribution in [2.45, 2.75) is 6.54 Å². The highest BCUT2D eigenvalue weighted by Crippen LogP contribution is 2.18. The van der Waals surface area contributed by atoms with Gasteiger partial charge in [-0.1, -0.05) is 12.1 Å². The largest absolute Gasteiger partial charge is 0.380 e. The summed E-state index contributed by atoms with van der Waals surface area (Å²) in [5.74, 6) is 0.303. The molecule has 0 fully saturated rings. The highest BCUT2D eigenvalue weighted by Gasteiger charge is 2.09. The minimum Gasteiger partial charge on any atom is -0.380 e. The third-order valence-electron chi connectivity index (χ3n) is 3.37. The van der Waals surface area contributed by atoms with Crippen molar-refractivity contribution in [1.29, 1.82) is 0 Å². The summed E-state index contributed by atoms with van der Waals surface area (Å²) in [6, 6.07) is 14.8. The van der Waals surface area contributed by atoms with Crippen LogP contribution in [-0.4, -0.2) is 15.9 Å². The number of aromatic nitrogens is 2. The molecular weight excluding hydrogens is 368 g/mol. The van der Waals surface area contributed by atoms with Crippen molar-refractivity contribution in [2.24, 2.45) is 0 Å². The SMILES string of the molecule is O=C(Nc1ccc(NCc2ccncc2)cn1)c1ccccc1Br. The molecule has 2 aromatic heterocycles. The number of rotatable bonds is 5. The quantitative estimate of drug-likeness (QED) is 0.696. The fourth-order valence-electron chi connectivity index (χ4n) is 2.11. The summed E-state index contributed by atoms with van der Waals surface area (Å²) < 4.78 is 0.748. The van der Waals surface area contributed by atoms with Gasteiger partial charge in [-0.3, -0.25) is 9.78 Å². The highest BCUT2D eigenvalue weighted by molar-refractivity contribution is 9.10. The van der Waals surface area contributed by atoms with Gasteiger partial charge >= 0.3 is 0 Å². The summed E-state index contributed by atoms with van der Waals surface area (Å²) in [6.07, 6.45) is 5.21. The molecule has 3 rings (SSSR count). The molecule has 0 bridgehead atoms. The zero-order valence-electron chi connectivity index (χ0n) is 12.7. The van der Waals surface area contributed by atoms with E-state index in [-0.39, 0.29) is 5.91 Å². The Morgan fingerprint density at radius 2 is 1.83 bits per heavy atom. The van der Waals surface area contributed by atoms with Gasteiger partial charge in [0.2, 0.25) is 0 Å². The van der Waals surface area contributed by atoms with Crippen molar-refractivity contribution in [3.8, 4) is 0 Å². The number of nitrogens with zero attached hydrogens (tertiary/aromatic N) is 2. The maximum Gasteiger partial charge on any atom is 0.257 e. The van der Waals surface area contributed by atoms with E-state index in [2.05, 4.69) is 36.5 Å². The van der Waals surface area contributed by atoms with Crippen LogP contribution in [-0.2, 0) is 6.54 Å². The van der Waals surface area contributed by atoms with Gasteiger partial charge in [-0.2, -0.15) is 0 Å². The summed E-state index contributed by atoms with van der Waals surface area (Å²) >= 11 is 3.37. The Bertz CT molecular complexity index is 822. The van der Waals surface area contributed by atoms with E-state index in [9.17, 15) is 4.79 Å². The van der Waals surface area contributed by atoms with Crippen LogP contribution in [0.5, 0.6) is 0 Å². The smallest absolute Gasteiger partial charge is 0.257 e. The van der Waals surface area contributed by atoms with E-state index in [0.717, 1.165) is 15.7 Å². The Hall–Kier alpha value is -2.73. The number of benzene rings is 1. The van der Waals surface area contributed by atoms with E-state index in [1.165, 1.54) is 0 Å². The third-order valence-corrected chi connectivity index (χ3v) is 4.06. The molecule has 1 aromatic carbocycles. The number of nitrogens with one attached hydrogen (secondary N) is 2. The average molecular weight is 383 g/mol. The van der Waals surface area contributed by atoms with Crippen LogP contribution in [0.2, 0.25) is 0 Å². The minimum atomic E-state index is -0.201. The number of carbonyl (C=O) groups excluding carboxylic acids is 1. The number of hydrogen-bond acceptors (Lipinski definition) is 4. The topological polar surface area (TPSA) is 66.9 Å².